The fourth-order valence-electron chi connectivity index (χ4n) is 3.31. The number of halogens is 2. The van der Waals surface area contributed by atoms with Gasteiger partial charge in [0.15, 0.2) is 0 Å². The Morgan fingerprint density at radius 2 is 0.757 bits per heavy atom. The fourth-order valence-corrected chi connectivity index (χ4v) is 11.2. The van der Waals surface area contributed by atoms with Crippen molar-refractivity contribution in [3.63, 3.8) is 0 Å². The molecule has 0 aliphatic carbocycles. The van der Waals surface area contributed by atoms with E-state index in [2.05, 4.69) is 84.7 Å². The zero-order chi connectivity index (χ0) is 55.5. The molecule has 0 aromatic heterocycles. The van der Waals surface area contributed by atoms with E-state index in [0.29, 0.717) is 0 Å². The van der Waals surface area contributed by atoms with Gasteiger partial charge in [-0.2, -0.15) is 28.6 Å². The van der Waals surface area contributed by atoms with Crippen molar-refractivity contribution in [1.82, 2.24) is 0 Å². The molecule has 0 fully saturated rings. The van der Waals surface area contributed by atoms with Gasteiger partial charge in [-0.1, -0.05) is 89.9 Å². The van der Waals surface area contributed by atoms with Gasteiger partial charge in [0.05, 0.1) is 0 Å². The molecule has 0 saturated carbocycles. The van der Waals surface area contributed by atoms with E-state index in [1.165, 1.54) is 37.0 Å². The Balaban J connectivity index is -0.0000000479. The van der Waals surface area contributed by atoms with Gasteiger partial charge in [0, 0.05) is 149 Å². The van der Waals surface area contributed by atoms with Gasteiger partial charge in [0.1, 0.15) is 0 Å². The first-order valence-corrected chi connectivity index (χ1v) is 52.7. The second-order valence-corrected chi connectivity index (χ2v) is 49.6. The van der Waals surface area contributed by atoms with Crippen molar-refractivity contribution in [1.29, 1.82) is 0 Å². The zero-order valence-electron chi connectivity index (χ0n) is 49.9. The summed E-state index contributed by atoms with van der Waals surface area (Å²) in [6.07, 6.45) is 5.74. The third-order valence-electron chi connectivity index (χ3n) is 8.46. The first kappa shape index (κ1) is 106. The Kier molecular flexibility index (Phi) is 132. The van der Waals surface area contributed by atoms with Crippen molar-refractivity contribution in [2.75, 3.05) is 92.4 Å². The van der Waals surface area contributed by atoms with Crippen molar-refractivity contribution in [3.8, 4) is 0 Å². The summed E-state index contributed by atoms with van der Waals surface area (Å²) in [5.74, 6) is 0. The summed E-state index contributed by atoms with van der Waals surface area (Å²) >= 11 is 10.4. The molecule has 0 spiro atoms. The van der Waals surface area contributed by atoms with Crippen LogP contribution in [0.5, 0.6) is 0 Å². The molecule has 0 unspecified atom stereocenters. The Morgan fingerprint density at radius 1 is 0.529 bits per heavy atom. The fraction of sp³-hybridized carbons (Fsp3) is 0.902. The molecule has 70 heavy (non-hydrogen) atoms. The third kappa shape index (κ3) is 129. The van der Waals surface area contributed by atoms with E-state index in [4.69, 9.17) is 80.4 Å². The quantitative estimate of drug-likeness (QED) is 0.0427. The molecule has 0 amide bonds. The molecule has 0 atom stereocenters. The van der Waals surface area contributed by atoms with Crippen LogP contribution < -0.4 is 0 Å². The molecule has 0 aliphatic heterocycles. The van der Waals surface area contributed by atoms with Crippen LogP contribution in [-0.2, 0) is 116 Å². The van der Waals surface area contributed by atoms with Crippen LogP contribution in [0.4, 0.5) is 0 Å². The topological polar surface area (TPSA) is 131 Å². The van der Waals surface area contributed by atoms with Gasteiger partial charge < -0.3 is 65.1 Å². The molecule has 0 rings (SSSR count). The van der Waals surface area contributed by atoms with Crippen molar-refractivity contribution >= 4 is 119 Å². The standard InChI is InChI=1S/2C8H22O2Si2.C6H12Si.C5H13Si.C3H10O2Si.3C3H9O2Si.CH4Cl2Si.CH4O.3Pt.2H/c2*1-9-12(5,10-2)8-6-7-11(3)4;1-4-5-6-7(2)3;1-4-5-6(2)3;4*1-4-6(3)5-2;1-4(2)3;1-2;;;;;/h2*11H,6-8H2,1-5H3;5,7H,1,6H2,2-3H3;6H,1,4-5H2,2-3H3;6H,1-3H3;3*1-3H3;4H,1H3;2H,1H3;;;;;/q;;;-1;;;;;;;;;;;. The van der Waals surface area contributed by atoms with Crippen molar-refractivity contribution in [2.24, 2.45) is 0 Å². The number of allylic oxidation sites excluding steroid dienone is 1. The van der Waals surface area contributed by atoms with Gasteiger partial charge in [-0.3, -0.25) is 0 Å². The Bertz CT molecular complexity index is 826. The summed E-state index contributed by atoms with van der Waals surface area (Å²) in [6, 6.07) is 7.75. The zero-order valence-corrected chi connectivity index (χ0v) is 70.4. The van der Waals surface area contributed by atoms with Crippen LogP contribution >= 0.6 is 22.2 Å². The van der Waals surface area contributed by atoms with Crippen LogP contribution in [-0.4, -0.2) is 194 Å². The molecular formula is C41H116Cl2O13Pt3Si11-. The van der Waals surface area contributed by atoms with Gasteiger partial charge in [-0.15, -0.1) is 5.73 Å². The second kappa shape index (κ2) is 86.9. The minimum absolute atomic E-state index is 0. The molecule has 3 radical (unpaired) electrons. The van der Waals surface area contributed by atoms with Crippen molar-refractivity contribution in [3.05, 3.63) is 25.3 Å². The van der Waals surface area contributed by atoms with E-state index in [0.717, 1.165) is 25.6 Å². The molecule has 0 aliphatic rings. The van der Waals surface area contributed by atoms with E-state index in [1.54, 1.807) is 85.3 Å². The number of aliphatic hydroxyl groups excluding tert-OH is 1. The Hall–Kier alpha value is 4.03. The number of rotatable bonds is 24. The largest absolute Gasteiger partial charge is 0 e. The maximum atomic E-state index is 7.00. The van der Waals surface area contributed by atoms with Crippen LogP contribution in [0.3, 0.4) is 0 Å². The molecule has 0 aromatic carbocycles. The smallest absolute Gasteiger partial charge is 0 e. The number of hydrogen-bond donors (Lipinski definition) is 1. The summed E-state index contributed by atoms with van der Waals surface area (Å²) in [4.78, 5) is 0. The average Bonchev–Trinajstić information content (AvgIpc) is 3.31. The SMILES string of the molecule is C=C=CC[SiH](C)C.CO.CO[SiH](C)OC.CO[Si](C)(CCC[SiH](C)C)OC.CO[Si](C)(CCC[SiH](C)C)OC.CO[Si](C)OC.CO[Si](C)OC.CO[Si](C)OC.C[SiH](Cl)Cl.[CH2-]CC[SiH](C)C.[PtH].[PtH].[Pt]. The maximum Gasteiger partial charge on any atom is 0 e. The van der Waals surface area contributed by atoms with E-state index in [9.17, 15) is 0 Å². The Labute approximate surface area is 506 Å². The monoisotopic (exact) mass is 1780 g/mol. The van der Waals surface area contributed by atoms with E-state index in [1.807, 2.05) is 38.8 Å². The van der Waals surface area contributed by atoms with Crippen LogP contribution in [0.25, 0.3) is 0 Å². The van der Waals surface area contributed by atoms with E-state index >= 15 is 0 Å². The second-order valence-electron chi connectivity index (χ2n) is 16.0. The molecule has 0 bridgehead atoms. The third-order valence-corrected chi connectivity index (χ3v) is 25.1. The predicted molar refractivity (Wildman–Crippen MR) is 328 cm³/mol. The van der Waals surface area contributed by atoms with Gasteiger partial charge in [0.2, 0.25) is 7.42 Å². The predicted octanol–water partition coefficient (Wildman–Crippen LogP) is 9.67. The first-order chi connectivity index (χ1) is 31.1. The number of hydrogen-bond acceptors (Lipinski definition) is 13. The molecule has 1 N–H and O–H groups in total. The molecule has 0 saturated heterocycles. The van der Waals surface area contributed by atoms with Crippen LogP contribution in [0.2, 0.25) is 134 Å². The van der Waals surface area contributed by atoms with Crippen LogP contribution in [0.1, 0.15) is 19.3 Å². The molecule has 0 heterocycles. The minimum atomic E-state index is -1.74. The van der Waals surface area contributed by atoms with Gasteiger partial charge in [-0.25, -0.2) is 0 Å². The van der Waals surface area contributed by atoms with Crippen molar-refractivity contribution in [2.45, 2.75) is 154 Å². The summed E-state index contributed by atoms with van der Waals surface area (Å²) in [7, 11) is 11.5. The molecular weight excluding hydrogens is 1670 g/mol. The van der Waals surface area contributed by atoms with Crippen LogP contribution in [0.15, 0.2) is 18.4 Å². The average molecular weight is 1780 g/mol. The Morgan fingerprint density at radius 3 is 0.829 bits per heavy atom. The van der Waals surface area contributed by atoms with E-state index < -0.39 is 61.7 Å². The van der Waals surface area contributed by atoms with Gasteiger partial charge >= 0.3 is 96.4 Å². The van der Waals surface area contributed by atoms with Crippen molar-refractivity contribution < 1.29 is 121 Å². The number of aliphatic hydroxyl groups is 1. The minimum Gasteiger partial charge on any atom is 0 e. The molecule has 447 valence electrons. The first-order valence-electron chi connectivity index (χ1n) is 23.0. The van der Waals surface area contributed by atoms with E-state index in [-0.39, 0.29) is 98.4 Å². The summed E-state index contributed by atoms with van der Waals surface area (Å²) in [5, 5.41) is 7.00. The molecule has 13 nitrogen and oxygen atoms in total. The summed E-state index contributed by atoms with van der Waals surface area (Å²) in [5.41, 5.74) is 2.76. The van der Waals surface area contributed by atoms with Gasteiger partial charge in [-0.05, 0) is 70.0 Å². The van der Waals surface area contributed by atoms with Gasteiger partial charge in [0.25, 0.3) is 0 Å². The summed E-state index contributed by atoms with van der Waals surface area (Å²) in [6.45, 7) is 40.0. The molecule has 29 heteroatoms. The molecule has 0 aromatic rings. The normalized spacial score (nSPS) is 10.0. The summed E-state index contributed by atoms with van der Waals surface area (Å²) < 4.78 is 59.9. The van der Waals surface area contributed by atoms with Crippen LogP contribution in [0, 0.1) is 6.92 Å². The maximum absolute atomic E-state index is 7.00.